The third kappa shape index (κ3) is 163. The SMILES string of the molecule is CCCCCCC(=O)O.CCCCCCC(C)O.CCCCCCC(O)C/C=C/CCCCCCCC(=O)O.CCCCCCC(O)C/C=C/CCCCCCCCCC(=O)O.O=C(O)CCCCCCCCC(=O)O.O=C(O)CCCCCCCCCCC(=O)O.O=C(O)CCCCCCCCCCCO.O=C(O)CCCCCCCCCO. The Morgan fingerprint density at radius 1 is 0.200 bits per heavy atom. The van der Waals surface area contributed by atoms with Crippen LogP contribution in [0.4, 0.5) is 0 Å². The molecule has 23 heteroatoms. The van der Waals surface area contributed by atoms with E-state index >= 15 is 0 Å². The van der Waals surface area contributed by atoms with Crippen LogP contribution in [0.5, 0.6) is 0 Å². The van der Waals surface area contributed by atoms with Crippen molar-refractivity contribution in [2.24, 2.45) is 0 Å². The Morgan fingerprint density at radius 3 is 0.517 bits per heavy atom. The van der Waals surface area contributed by atoms with Gasteiger partial charge in [-0.2, -0.15) is 0 Å². The highest BCUT2D eigenvalue weighted by molar-refractivity contribution is 5.69. The van der Waals surface area contributed by atoms with Crippen LogP contribution in [-0.4, -0.2) is 157 Å². The van der Waals surface area contributed by atoms with E-state index in [9.17, 15) is 53.4 Å². The van der Waals surface area contributed by atoms with Gasteiger partial charge in [0, 0.05) is 71.0 Å². The summed E-state index contributed by atoms with van der Waals surface area (Å²) in [6.45, 7) is 11.2. The lowest BCUT2D eigenvalue weighted by Crippen LogP contribution is -2.04. The maximum absolute atomic E-state index is 10.4. The van der Waals surface area contributed by atoms with Crippen molar-refractivity contribution >= 4 is 53.7 Å². The Balaban J connectivity index is -0.000000203. The highest BCUT2D eigenvalue weighted by Gasteiger charge is 2.07. The third-order valence-electron chi connectivity index (χ3n) is 19.8. The van der Waals surface area contributed by atoms with E-state index in [0.29, 0.717) is 45.3 Å². The highest BCUT2D eigenvalue weighted by Crippen LogP contribution is 2.17. The van der Waals surface area contributed by atoms with Gasteiger partial charge in [-0.3, -0.25) is 43.2 Å². The van der Waals surface area contributed by atoms with Crippen LogP contribution >= 0.6 is 0 Å². The van der Waals surface area contributed by atoms with Gasteiger partial charge >= 0.3 is 53.7 Å². The molecule has 0 saturated carbocycles. The molecule has 714 valence electrons. The van der Waals surface area contributed by atoms with Gasteiger partial charge in [0.05, 0.1) is 18.3 Å². The van der Waals surface area contributed by atoms with Crippen molar-refractivity contribution in [3.05, 3.63) is 24.3 Å². The van der Waals surface area contributed by atoms with Crippen LogP contribution in [0.3, 0.4) is 0 Å². The maximum atomic E-state index is 10.4. The van der Waals surface area contributed by atoms with E-state index in [1.807, 2.05) is 6.92 Å². The highest BCUT2D eigenvalue weighted by atomic mass is 16.4. The molecule has 14 N–H and O–H groups in total. The van der Waals surface area contributed by atoms with E-state index in [4.69, 9.17) is 61.3 Å². The first-order valence-electron chi connectivity index (χ1n) is 48.2. The molecule has 0 heterocycles. The Kier molecular flexibility index (Phi) is 128. The van der Waals surface area contributed by atoms with Crippen LogP contribution in [0.25, 0.3) is 0 Å². The van der Waals surface area contributed by atoms with Crippen molar-refractivity contribution in [2.45, 2.75) is 528 Å². The number of hydrogen-bond acceptors (Lipinski definition) is 14. The van der Waals surface area contributed by atoms with Crippen molar-refractivity contribution < 1.29 is 115 Å². The molecule has 0 spiro atoms. The molecule has 0 aromatic rings. The van der Waals surface area contributed by atoms with Crippen LogP contribution < -0.4 is 0 Å². The second-order valence-corrected chi connectivity index (χ2v) is 32.3. The molecule has 0 rings (SSSR count). The Morgan fingerprint density at radius 2 is 0.350 bits per heavy atom. The number of carbonyl (C=O) groups is 9. The maximum Gasteiger partial charge on any atom is 0.303 e. The van der Waals surface area contributed by atoms with Gasteiger partial charge in [0.25, 0.3) is 0 Å². The second kappa shape index (κ2) is 118. The molecule has 23 nitrogen and oxygen atoms in total. The zero-order valence-corrected chi connectivity index (χ0v) is 77.2. The minimum Gasteiger partial charge on any atom is -0.481 e. The van der Waals surface area contributed by atoms with Gasteiger partial charge < -0.3 is 71.5 Å². The summed E-state index contributed by atoms with van der Waals surface area (Å²) in [6.07, 6.45) is 80.3. The van der Waals surface area contributed by atoms with Gasteiger partial charge in [-0.25, -0.2) is 0 Å². The lowest BCUT2D eigenvalue weighted by Gasteiger charge is -2.07. The summed E-state index contributed by atoms with van der Waals surface area (Å²) in [5, 5.41) is 121. The molecule has 0 aliphatic carbocycles. The van der Waals surface area contributed by atoms with Crippen LogP contribution in [0.15, 0.2) is 24.3 Å². The summed E-state index contributed by atoms with van der Waals surface area (Å²) in [6, 6.07) is 0. The van der Waals surface area contributed by atoms with Crippen molar-refractivity contribution in [1.82, 2.24) is 0 Å². The van der Waals surface area contributed by atoms with E-state index in [1.165, 1.54) is 135 Å². The zero-order valence-electron chi connectivity index (χ0n) is 77.2. The minimum absolute atomic E-state index is 0.0955. The monoisotopic (exact) mass is 1720 g/mol. The number of aliphatic hydroxyl groups is 5. The fourth-order valence-corrected chi connectivity index (χ4v) is 12.4. The van der Waals surface area contributed by atoms with Gasteiger partial charge in [-0.05, 0) is 135 Å². The number of carboxylic acid groups (broad SMARTS) is 9. The Labute approximate surface area is 730 Å². The minimum atomic E-state index is -0.740. The van der Waals surface area contributed by atoms with Crippen LogP contribution in [0.1, 0.15) is 510 Å². The smallest absolute Gasteiger partial charge is 0.303 e. The lowest BCUT2D eigenvalue weighted by atomic mass is 10.1. The molecule has 0 amide bonds. The van der Waals surface area contributed by atoms with Gasteiger partial charge in [0.1, 0.15) is 0 Å². The van der Waals surface area contributed by atoms with Crippen LogP contribution in [0.2, 0.25) is 0 Å². The number of aliphatic carboxylic acids is 9. The number of rotatable bonds is 82. The van der Waals surface area contributed by atoms with E-state index in [-0.39, 0.29) is 44.0 Å². The summed E-state index contributed by atoms with van der Waals surface area (Å²) in [7, 11) is 0. The van der Waals surface area contributed by atoms with E-state index in [2.05, 4.69) is 52.0 Å². The summed E-state index contributed by atoms with van der Waals surface area (Å²) < 4.78 is 0. The molecular weight excluding hydrogens is 1530 g/mol. The molecule has 0 fully saturated rings. The number of hydrogen-bond donors (Lipinski definition) is 14. The molecule has 0 saturated heterocycles. The molecule has 120 heavy (non-hydrogen) atoms. The second-order valence-electron chi connectivity index (χ2n) is 32.3. The topological polar surface area (TPSA) is 437 Å². The number of allylic oxidation sites excluding steroid dienone is 2. The Bertz CT molecular complexity index is 2150. The number of aliphatic hydroxyl groups excluding tert-OH is 5. The average Bonchev–Trinajstić information content (AvgIpc) is 1.08. The quantitative estimate of drug-likeness (QED) is 0.0199. The standard InChI is InChI=1S/C20H38O3.C18H34O3.C12H22O4.C12H24O3.C10H18O4.C10H20O3.C8H18O.C7H14O2/c1-2-3-4-13-16-19(21)17-14-11-9-7-5-6-8-10-12-15-18-20(22)23;1-2-3-4-11-14-17(19)15-12-9-7-5-6-8-10-13-16-18(20)21;13-11(14)9-7-5-3-1-2-4-6-8-10-12(15)16;13-11-9-7-5-3-1-2-4-6-8-10-12(14)15;11-9(12)7-5-3-1-2-4-6-8-10(13)14;11-9-7-5-3-1-2-4-6-8-10(12)13;1-3-4-5-6-7-8(2)9;1-2-3-4-5-6-7(8)9/h11,14,19,21H,2-10,12-13,15-18H2,1H3,(H,22,23);9,12,17,19H,2-8,10-11,13-16H2,1H3,(H,20,21);1-10H2,(H,13,14)(H,15,16);13H,1-11H2,(H,14,15);1-8H2,(H,11,12)(H,13,14);11H,1-9H2,(H,12,13);8-9H,3-7H2,1-2H3;2-6H2,1H3,(H,8,9)/b14-11+;12-9+;;;;;;. The third-order valence-corrected chi connectivity index (χ3v) is 19.8. The molecule has 0 aliphatic rings. The predicted molar refractivity (Wildman–Crippen MR) is 489 cm³/mol. The molecule has 3 atom stereocenters. The normalized spacial score (nSPS) is 11.4. The molecule has 0 aromatic heterocycles. The molecule has 3 unspecified atom stereocenters. The van der Waals surface area contributed by atoms with E-state index < -0.39 is 53.7 Å². The van der Waals surface area contributed by atoms with Crippen molar-refractivity contribution in [3.63, 3.8) is 0 Å². The predicted octanol–water partition coefficient (Wildman–Crippen LogP) is 25.8. The van der Waals surface area contributed by atoms with Crippen molar-refractivity contribution in [1.29, 1.82) is 0 Å². The zero-order chi connectivity index (χ0) is 91.5. The Hall–Kier alpha value is -5.49. The fourth-order valence-electron chi connectivity index (χ4n) is 12.4. The molecule has 0 radical (unpaired) electrons. The largest absolute Gasteiger partial charge is 0.481 e. The van der Waals surface area contributed by atoms with E-state index in [0.717, 1.165) is 283 Å². The first-order chi connectivity index (χ1) is 57.7. The first kappa shape index (κ1) is 130. The van der Waals surface area contributed by atoms with Gasteiger partial charge in [0.15, 0.2) is 0 Å². The summed E-state index contributed by atoms with van der Waals surface area (Å²) >= 11 is 0. The number of unbranched alkanes of at least 4 members (excludes halogenated alkanes) is 50. The van der Waals surface area contributed by atoms with Gasteiger partial charge in [-0.1, -0.05) is 341 Å². The molecule has 0 aromatic carbocycles. The van der Waals surface area contributed by atoms with E-state index in [1.54, 1.807) is 0 Å². The van der Waals surface area contributed by atoms with Crippen LogP contribution in [0, 0.1) is 0 Å². The van der Waals surface area contributed by atoms with Gasteiger partial charge in [-0.15, -0.1) is 0 Å². The molecule has 0 bridgehead atoms. The van der Waals surface area contributed by atoms with Crippen molar-refractivity contribution in [2.75, 3.05) is 13.2 Å². The summed E-state index contributed by atoms with van der Waals surface area (Å²) in [5.41, 5.74) is 0. The van der Waals surface area contributed by atoms with Crippen LogP contribution in [-0.2, 0) is 43.2 Å². The average molecular weight is 1720 g/mol. The molecular formula is C97H188O23. The number of carboxylic acids is 9. The summed E-state index contributed by atoms with van der Waals surface area (Å²) in [5.74, 6) is -6.33. The lowest BCUT2D eigenvalue weighted by molar-refractivity contribution is -0.138. The van der Waals surface area contributed by atoms with Crippen molar-refractivity contribution in [3.8, 4) is 0 Å². The molecule has 0 aliphatic heterocycles. The summed E-state index contributed by atoms with van der Waals surface area (Å²) in [4.78, 5) is 91.7. The first-order valence-corrected chi connectivity index (χ1v) is 48.2. The van der Waals surface area contributed by atoms with Gasteiger partial charge in [0.2, 0.25) is 0 Å². The fraction of sp³-hybridized carbons (Fsp3) is 0.866.